The van der Waals surface area contributed by atoms with Crippen LogP contribution < -0.4 is 0 Å². The zero-order chi connectivity index (χ0) is 17.1. The normalized spacial score (nSPS) is 17.8. The average Bonchev–Trinajstić information content (AvgIpc) is 3.07. The minimum Gasteiger partial charge on any atom is -0.387 e. The number of fused-ring (bicyclic) bond motifs is 1. The van der Waals surface area contributed by atoms with Crippen LogP contribution >= 0.6 is 11.3 Å². The van der Waals surface area contributed by atoms with E-state index in [1.54, 1.807) is 0 Å². The van der Waals surface area contributed by atoms with Crippen LogP contribution in [0.5, 0.6) is 0 Å². The van der Waals surface area contributed by atoms with Crippen LogP contribution in [-0.2, 0) is 6.54 Å². The van der Waals surface area contributed by atoms with E-state index in [2.05, 4.69) is 39.4 Å². The second kappa shape index (κ2) is 7.67. The highest BCUT2D eigenvalue weighted by atomic mass is 32.1. The molecule has 4 rings (SSSR count). The average molecular weight is 353 g/mol. The lowest BCUT2D eigenvalue weighted by Gasteiger charge is -2.35. The van der Waals surface area contributed by atoms with E-state index in [1.165, 1.54) is 15.6 Å². The van der Waals surface area contributed by atoms with Gasteiger partial charge in [-0.25, -0.2) is 0 Å². The highest BCUT2D eigenvalue weighted by molar-refractivity contribution is 7.17. The molecule has 2 heterocycles. The molecule has 1 saturated heterocycles. The van der Waals surface area contributed by atoms with E-state index < -0.39 is 6.10 Å². The molecular formula is C21H24N2OS. The summed E-state index contributed by atoms with van der Waals surface area (Å²) in [6, 6.07) is 18.6. The van der Waals surface area contributed by atoms with Gasteiger partial charge in [-0.05, 0) is 28.0 Å². The van der Waals surface area contributed by atoms with Crippen LogP contribution in [-0.4, -0.2) is 47.6 Å². The molecule has 1 N–H and O–H groups in total. The lowest BCUT2D eigenvalue weighted by molar-refractivity contribution is 0.0703. The largest absolute Gasteiger partial charge is 0.387 e. The lowest BCUT2D eigenvalue weighted by atomic mass is 10.1. The van der Waals surface area contributed by atoms with Crippen molar-refractivity contribution in [2.45, 2.75) is 12.6 Å². The number of aliphatic hydroxyl groups excluding tert-OH is 1. The fourth-order valence-corrected chi connectivity index (χ4v) is 4.51. The van der Waals surface area contributed by atoms with E-state index >= 15 is 0 Å². The summed E-state index contributed by atoms with van der Waals surface area (Å²) in [6.07, 6.45) is -0.395. The van der Waals surface area contributed by atoms with E-state index in [0.717, 1.165) is 44.8 Å². The molecule has 1 fully saturated rings. The molecule has 1 unspecified atom stereocenters. The Morgan fingerprint density at radius 2 is 1.56 bits per heavy atom. The quantitative estimate of drug-likeness (QED) is 0.757. The fraction of sp³-hybridized carbons (Fsp3) is 0.333. The Hall–Kier alpha value is -1.72. The summed E-state index contributed by atoms with van der Waals surface area (Å²) in [5, 5.41) is 14.1. The molecule has 0 bridgehead atoms. The number of nitrogens with zero attached hydrogens (tertiary/aromatic N) is 2. The molecule has 1 aliphatic heterocycles. The summed E-state index contributed by atoms with van der Waals surface area (Å²) in [6.45, 7) is 5.91. The minimum atomic E-state index is -0.395. The molecule has 0 radical (unpaired) electrons. The molecule has 25 heavy (non-hydrogen) atoms. The van der Waals surface area contributed by atoms with Gasteiger partial charge in [0.15, 0.2) is 0 Å². The number of rotatable bonds is 5. The van der Waals surface area contributed by atoms with Gasteiger partial charge >= 0.3 is 0 Å². The molecule has 0 aliphatic carbocycles. The number of aliphatic hydroxyl groups is 1. The van der Waals surface area contributed by atoms with Crippen LogP contribution in [0.4, 0.5) is 0 Å². The van der Waals surface area contributed by atoms with Gasteiger partial charge in [0.1, 0.15) is 0 Å². The number of piperazine rings is 1. The summed E-state index contributed by atoms with van der Waals surface area (Å²) < 4.78 is 1.38. The van der Waals surface area contributed by atoms with Crippen molar-refractivity contribution in [3.63, 3.8) is 0 Å². The van der Waals surface area contributed by atoms with Gasteiger partial charge in [0.05, 0.1) is 6.10 Å². The van der Waals surface area contributed by atoms with Crippen molar-refractivity contribution in [3.8, 4) is 0 Å². The van der Waals surface area contributed by atoms with Gasteiger partial charge in [-0.15, -0.1) is 11.3 Å². The van der Waals surface area contributed by atoms with E-state index in [1.807, 2.05) is 41.7 Å². The third-order valence-electron chi connectivity index (χ3n) is 5.04. The Balaban J connectivity index is 1.31. The second-order valence-electron chi connectivity index (χ2n) is 6.76. The van der Waals surface area contributed by atoms with Crippen molar-refractivity contribution >= 4 is 21.4 Å². The van der Waals surface area contributed by atoms with E-state index in [4.69, 9.17) is 0 Å². The smallest absolute Gasteiger partial charge is 0.0916 e. The topological polar surface area (TPSA) is 26.7 Å². The molecule has 0 amide bonds. The maximum Gasteiger partial charge on any atom is 0.0916 e. The molecule has 1 aliphatic rings. The minimum absolute atomic E-state index is 0.395. The highest BCUT2D eigenvalue weighted by Crippen LogP contribution is 2.27. The first-order chi connectivity index (χ1) is 12.3. The van der Waals surface area contributed by atoms with Crippen LogP contribution in [0, 0.1) is 0 Å². The van der Waals surface area contributed by atoms with E-state index in [0.29, 0.717) is 0 Å². The number of thiophene rings is 1. The fourth-order valence-electron chi connectivity index (χ4n) is 3.55. The molecule has 3 aromatic rings. The van der Waals surface area contributed by atoms with Gasteiger partial charge in [0.2, 0.25) is 0 Å². The molecule has 2 aromatic carbocycles. The number of hydrogen-bond donors (Lipinski definition) is 1. The van der Waals surface area contributed by atoms with Crippen molar-refractivity contribution < 1.29 is 5.11 Å². The van der Waals surface area contributed by atoms with Crippen molar-refractivity contribution in [3.05, 3.63) is 71.1 Å². The lowest BCUT2D eigenvalue weighted by Crippen LogP contribution is -2.47. The summed E-state index contributed by atoms with van der Waals surface area (Å²) >= 11 is 1.84. The van der Waals surface area contributed by atoms with Gasteiger partial charge in [0.25, 0.3) is 0 Å². The molecule has 4 heteroatoms. The number of β-amino-alcohol motifs (C(OH)–C–C–N with tert-alkyl or cyclic N) is 1. The zero-order valence-corrected chi connectivity index (χ0v) is 15.2. The Labute approximate surface area is 153 Å². The summed E-state index contributed by atoms with van der Waals surface area (Å²) in [5.74, 6) is 0. The van der Waals surface area contributed by atoms with Gasteiger partial charge in [-0.2, -0.15) is 0 Å². The number of hydrogen-bond acceptors (Lipinski definition) is 4. The first-order valence-corrected chi connectivity index (χ1v) is 9.80. The SMILES string of the molecule is OC(CN1CCN(Cc2csc3ccccc23)CC1)c1ccccc1. The standard InChI is InChI=1S/C21H24N2OS/c24-20(17-6-2-1-3-7-17)15-23-12-10-22(11-13-23)14-18-16-25-21-9-5-4-8-19(18)21/h1-9,16,20,24H,10-15H2. The highest BCUT2D eigenvalue weighted by Gasteiger charge is 2.20. The third-order valence-corrected chi connectivity index (χ3v) is 6.05. The van der Waals surface area contributed by atoms with Crippen LogP contribution in [0.15, 0.2) is 60.0 Å². The van der Waals surface area contributed by atoms with Gasteiger partial charge in [-0.1, -0.05) is 48.5 Å². The second-order valence-corrected chi connectivity index (χ2v) is 7.67. The predicted molar refractivity (Wildman–Crippen MR) is 105 cm³/mol. The molecule has 1 aromatic heterocycles. The van der Waals surface area contributed by atoms with Gasteiger partial charge < -0.3 is 5.11 Å². The van der Waals surface area contributed by atoms with Crippen molar-refractivity contribution in [1.82, 2.24) is 9.80 Å². The molecule has 0 spiro atoms. The number of benzene rings is 2. The van der Waals surface area contributed by atoms with Gasteiger partial charge in [-0.3, -0.25) is 9.80 Å². The summed E-state index contributed by atoms with van der Waals surface area (Å²) in [5.41, 5.74) is 2.45. The van der Waals surface area contributed by atoms with Crippen LogP contribution in [0.25, 0.3) is 10.1 Å². The predicted octanol–water partition coefficient (Wildman–Crippen LogP) is 3.75. The van der Waals surface area contributed by atoms with Crippen LogP contribution in [0.3, 0.4) is 0 Å². The molecule has 3 nitrogen and oxygen atoms in total. The van der Waals surface area contributed by atoms with Crippen LogP contribution in [0.2, 0.25) is 0 Å². The van der Waals surface area contributed by atoms with Crippen molar-refractivity contribution in [2.75, 3.05) is 32.7 Å². The third kappa shape index (κ3) is 3.93. The molecule has 130 valence electrons. The van der Waals surface area contributed by atoms with Crippen LogP contribution in [0.1, 0.15) is 17.2 Å². The Morgan fingerprint density at radius 1 is 0.880 bits per heavy atom. The first-order valence-electron chi connectivity index (χ1n) is 8.92. The van der Waals surface area contributed by atoms with Gasteiger partial charge in [0, 0.05) is 44.0 Å². The monoisotopic (exact) mass is 352 g/mol. The van der Waals surface area contributed by atoms with E-state index in [9.17, 15) is 5.11 Å². The Bertz CT molecular complexity index is 809. The molecular weight excluding hydrogens is 328 g/mol. The Morgan fingerprint density at radius 3 is 2.36 bits per heavy atom. The summed E-state index contributed by atoms with van der Waals surface area (Å²) in [7, 11) is 0. The molecule has 1 atom stereocenters. The summed E-state index contributed by atoms with van der Waals surface area (Å²) in [4.78, 5) is 4.90. The van der Waals surface area contributed by atoms with Crippen molar-refractivity contribution in [2.24, 2.45) is 0 Å². The van der Waals surface area contributed by atoms with Crippen molar-refractivity contribution in [1.29, 1.82) is 0 Å². The van der Waals surface area contributed by atoms with E-state index in [-0.39, 0.29) is 0 Å². The zero-order valence-electron chi connectivity index (χ0n) is 14.3. The molecule has 0 saturated carbocycles. The maximum absolute atomic E-state index is 10.4. The first kappa shape index (κ1) is 16.7. The maximum atomic E-state index is 10.4. The Kier molecular flexibility index (Phi) is 5.13.